The molecular formula is C21H42O22P4. The smallest absolute Gasteiger partial charge is 0.462 e. The lowest BCUT2D eigenvalue weighted by Gasteiger charge is -2.45. The zero-order chi connectivity index (χ0) is 36.2. The molecule has 0 aromatic heterocycles. The predicted molar refractivity (Wildman–Crippen MR) is 153 cm³/mol. The fourth-order valence-corrected chi connectivity index (χ4v) is 6.79. The van der Waals surface area contributed by atoms with Crippen LogP contribution in [0.1, 0.15) is 65.2 Å². The molecule has 26 heteroatoms. The van der Waals surface area contributed by atoms with Crippen molar-refractivity contribution in [2.45, 2.75) is 108 Å². The molecule has 47 heavy (non-hydrogen) atoms. The van der Waals surface area contributed by atoms with Gasteiger partial charge < -0.3 is 53.9 Å². The van der Waals surface area contributed by atoms with Crippen LogP contribution in [0.5, 0.6) is 0 Å². The van der Waals surface area contributed by atoms with Crippen molar-refractivity contribution >= 4 is 43.2 Å². The number of rotatable bonds is 22. The van der Waals surface area contributed by atoms with Gasteiger partial charge in [0.15, 0.2) is 6.10 Å². The van der Waals surface area contributed by atoms with E-state index in [0.29, 0.717) is 19.3 Å². The molecule has 6 unspecified atom stereocenters. The van der Waals surface area contributed by atoms with Crippen LogP contribution in [-0.4, -0.2) is 112 Å². The summed E-state index contributed by atoms with van der Waals surface area (Å²) >= 11 is 0. The zero-order valence-electron chi connectivity index (χ0n) is 25.2. The van der Waals surface area contributed by atoms with Gasteiger partial charge in [0, 0.05) is 12.8 Å². The highest BCUT2D eigenvalue weighted by Gasteiger charge is 2.58. The number of aliphatic hydroxyl groups excluding tert-OH is 2. The molecule has 0 amide bonds. The number of esters is 2. The molecule has 1 fully saturated rings. The van der Waals surface area contributed by atoms with Gasteiger partial charge in [0.1, 0.15) is 43.2 Å². The van der Waals surface area contributed by atoms with Crippen molar-refractivity contribution in [2.24, 2.45) is 0 Å². The van der Waals surface area contributed by atoms with E-state index in [9.17, 15) is 72.3 Å². The van der Waals surface area contributed by atoms with Crippen LogP contribution in [0.25, 0.3) is 0 Å². The first-order chi connectivity index (χ1) is 21.5. The SMILES string of the molecule is CCCCCC(=O)OC[C@H](COP(=O)(O)OC1C(O)C(OP(=O)(O)O)C(OP(=O)(O)O)[C@@H](OP(=O)(O)O)C1O)OC(=O)CCCCC. The van der Waals surface area contributed by atoms with Crippen LogP contribution in [-0.2, 0) is 59.9 Å². The first-order valence-corrected chi connectivity index (χ1v) is 20.2. The molecule has 0 aromatic rings. The number of hydrogen-bond donors (Lipinski definition) is 9. The van der Waals surface area contributed by atoms with Gasteiger partial charge >= 0.3 is 43.2 Å². The second-order valence-electron chi connectivity index (χ2n) is 10.2. The molecule has 1 rings (SSSR count). The third kappa shape index (κ3) is 18.2. The Morgan fingerprint density at radius 3 is 1.45 bits per heavy atom. The van der Waals surface area contributed by atoms with E-state index in [1.807, 2.05) is 13.8 Å². The van der Waals surface area contributed by atoms with Crippen molar-refractivity contribution in [3.63, 3.8) is 0 Å². The molecule has 0 bridgehead atoms. The summed E-state index contributed by atoms with van der Waals surface area (Å²) < 4.78 is 80.0. The average Bonchev–Trinajstić information content (AvgIpc) is 2.91. The van der Waals surface area contributed by atoms with E-state index in [2.05, 4.69) is 13.6 Å². The topological polar surface area (TPSA) is 349 Å². The summed E-state index contributed by atoms with van der Waals surface area (Å²) in [4.78, 5) is 90.2. The summed E-state index contributed by atoms with van der Waals surface area (Å²) in [6.45, 7) is 2.13. The quantitative estimate of drug-likeness (QED) is 0.0405. The van der Waals surface area contributed by atoms with Crippen LogP contribution in [0.3, 0.4) is 0 Å². The third-order valence-electron chi connectivity index (χ3n) is 6.15. The third-order valence-corrected chi connectivity index (χ3v) is 8.69. The van der Waals surface area contributed by atoms with Crippen LogP contribution in [0, 0.1) is 0 Å². The van der Waals surface area contributed by atoms with Gasteiger partial charge in [-0.15, -0.1) is 0 Å². The maximum Gasteiger partial charge on any atom is 0.472 e. The summed E-state index contributed by atoms with van der Waals surface area (Å²) in [6, 6.07) is 0. The summed E-state index contributed by atoms with van der Waals surface area (Å²) in [6.07, 6.45) is -14.0. The van der Waals surface area contributed by atoms with Gasteiger partial charge in [-0.05, 0) is 12.8 Å². The van der Waals surface area contributed by atoms with E-state index < -0.39 is 99.2 Å². The first-order valence-electron chi connectivity index (χ1n) is 14.1. The summed E-state index contributed by atoms with van der Waals surface area (Å²) in [5.74, 6) is -1.46. The Balaban J connectivity index is 3.25. The maximum absolute atomic E-state index is 12.9. The number of aliphatic hydroxyl groups is 2. The highest BCUT2D eigenvalue weighted by molar-refractivity contribution is 7.47. The molecule has 0 heterocycles. The normalized spacial score (nSPS) is 25.9. The molecule has 0 saturated heterocycles. The molecule has 278 valence electrons. The highest BCUT2D eigenvalue weighted by atomic mass is 31.2. The van der Waals surface area contributed by atoms with Crippen molar-refractivity contribution in [3.8, 4) is 0 Å². The lowest BCUT2D eigenvalue weighted by Crippen LogP contribution is -2.65. The van der Waals surface area contributed by atoms with Crippen molar-refractivity contribution < 1.29 is 104 Å². The first kappa shape index (κ1) is 44.3. The molecule has 9 N–H and O–H groups in total. The minimum Gasteiger partial charge on any atom is -0.462 e. The largest absolute Gasteiger partial charge is 0.472 e. The Morgan fingerprint density at radius 2 is 1.02 bits per heavy atom. The van der Waals surface area contributed by atoms with Gasteiger partial charge in [-0.25, -0.2) is 18.3 Å². The Hall–Kier alpha value is -0.700. The molecular weight excluding hydrogens is 728 g/mol. The van der Waals surface area contributed by atoms with Crippen molar-refractivity contribution in [3.05, 3.63) is 0 Å². The van der Waals surface area contributed by atoms with Gasteiger partial charge in [-0.3, -0.25) is 32.2 Å². The summed E-state index contributed by atoms with van der Waals surface area (Å²) in [5.41, 5.74) is 0. The van der Waals surface area contributed by atoms with Crippen LogP contribution < -0.4 is 0 Å². The second kappa shape index (κ2) is 19.6. The molecule has 0 spiro atoms. The number of carbonyl (C=O) groups is 2. The van der Waals surface area contributed by atoms with Gasteiger partial charge in [0.2, 0.25) is 0 Å². The van der Waals surface area contributed by atoms with E-state index in [0.717, 1.165) is 19.3 Å². The zero-order valence-corrected chi connectivity index (χ0v) is 28.8. The van der Waals surface area contributed by atoms with E-state index in [-0.39, 0.29) is 12.8 Å². The Bertz CT molecular complexity index is 1140. The second-order valence-corrected chi connectivity index (χ2v) is 15.2. The number of hydrogen-bond acceptors (Lipinski definition) is 15. The lowest BCUT2D eigenvalue weighted by molar-refractivity contribution is -0.209. The van der Waals surface area contributed by atoms with Crippen molar-refractivity contribution in [1.29, 1.82) is 0 Å². The van der Waals surface area contributed by atoms with Gasteiger partial charge in [0.05, 0.1) is 6.61 Å². The molecule has 22 nitrogen and oxygen atoms in total. The van der Waals surface area contributed by atoms with Crippen molar-refractivity contribution in [2.75, 3.05) is 13.2 Å². The van der Waals surface area contributed by atoms with E-state index in [1.165, 1.54) is 0 Å². The molecule has 8 atom stereocenters. The number of ether oxygens (including phenoxy) is 2. The van der Waals surface area contributed by atoms with E-state index in [1.54, 1.807) is 0 Å². The molecule has 0 aromatic carbocycles. The van der Waals surface area contributed by atoms with Crippen LogP contribution in [0.4, 0.5) is 0 Å². The Labute approximate surface area is 268 Å². The van der Waals surface area contributed by atoms with Crippen LogP contribution in [0.2, 0.25) is 0 Å². The fourth-order valence-electron chi connectivity index (χ4n) is 4.14. The number of carbonyl (C=O) groups excluding carboxylic acids is 2. The predicted octanol–water partition coefficient (Wildman–Crippen LogP) is 0.273. The lowest BCUT2D eigenvalue weighted by atomic mass is 9.85. The molecule has 0 radical (unpaired) electrons. The van der Waals surface area contributed by atoms with Gasteiger partial charge in [-0.1, -0.05) is 39.5 Å². The summed E-state index contributed by atoms with van der Waals surface area (Å²) in [7, 11) is -22.9. The van der Waals surface area contributed by atoms with Crippen LogP contribution >= 0.6 is 31.3 Å². The summed E-state index contributed by atoms with van der Waals surface area (Å²) in [5, 5.41) is 21.4. The minimum atomic E-state index is -5.76. The van der Waals surface area contributed by atoms with Crippen molar-refractivity contribution in [1.82, 2.24) is 0 Å². The standard InChI is InChI=1S/C21H42O22P4/c1-3-5-7-9-14(22)37-11-13(39-15(23)10-8-6-4-2)12-38-47(35,36)43-18-16(24)19(40-44(26,27)28)21(42-46(32,33)34)20(17(18)25)41-45(29,30)31/h13,16-21,24-25H,3-12H2,1-2H3,(H,35,36)(H2,26,27,28)(H2,29,30,31)(H2,32,33,34)/t13-,16?,17?,18?,19+,20?,21?/m1/s1. The van der Waals surface area contributed by atoms with Gasteiger partial charge in [0.25, 0.3) is 0 Å². The van der Waals surface area contributed by atoms with E-state index in [4.69, 9.17) is 18.5 Å². The molecule has 0 aliphatic heterocycles. The number of unbranched alkanes of at least 4 members (excludes halogenated alkanes) is 4. The average molecular weight is 770 g/mol. The molecule has 1 saturated carbocycles. The Morgan fingerprint density at radius 1 is 0.596 bits per heavy atom. The van der Waals surface area contributed by atoms with Crippen LogP contribution in [0.15, 0.2) is 0 Å². The highest BCUT2D eigenvalue weighted by Crippen LogP contribution is 2.53. The maximum atomic E-state index is 12.9. The molecule has 1 aliphatic carbocycles. The van der Waals surface area contributed by atoms with Gasteiger partial charge in [-0.2, -0.15) is 0 Å². The fraction of sp³-hybridized carbons (Fsp3) is 0.905. The monoisotopic (exact) mass is 770 g/mol. The number of phosphoric acid groups is 4. The minimum absolute atomic E-state index is 0.0212. The number of phosphoric ester groups is 4. The Kier molecular flexibility index (Phi) is 18.5. The molecule has 1 aliphatic rings. The van der Waals surface area contributed by atoms with E-state index >= 15 is 0 Å².